The molecule has 0 aliphatic heterocycles. The first-order valence-electron chi connectivity index (χ1n) is 9.03. The van der Waals surface area contributed by atoms with Crippen molar-refractivity contribution < 1.29 is 14.3 Å². The average molecular weight is 386 g/mol. The number of aromatic nitrogens is 2. The minimum Gasteiger partial charge on any atom is -0.438 e. The Morgan fingerprint density at radius 1 is 0.931 bits per heavy atom. The van der Waals surface area contributed by atoms with Crippen molar-refractivity contribution >= 4 is 22.7 Å². The fourth-order valence-corrected chi connectivity index (χ4v) is 2.93. The van der Waals surface area contributed by atoms with Crippen LogP contribution in [0.15, 0.2) is 79.1 Å². The molecule has 0 unspecified atom stereocenters. The van der Waals surface area contributed by atoms with Gasteiger partial charge in [0.25, 0.3) is 5.91 Å². The van der Waals surface area contributed by atoms with E-state index >= 15 is 0 Å². The van der Waals surface area contributed by atoms with Gasteiger partial charge in [0.05, 0.1) is 6.42 Å². The highest BCUT2D eigenvalue weighted by atomic mass is 16.5. The molecule has 7 heteroatoms. The number of fused-ring (bicyclic) bond motifs is 1. The molecule has 2 heterocycles. The van der Waals surface area contributed by atoms with Crippen molar-refractivity contribution in [2.24, 2.45) is 0 Å². The molecule has 144 valence electrons. The maximum Gasteiger partial charge on any atom is 0.275 e. The smallest absolute Gasteiger partial charge is 0.275 e. The van der Waals surface area contributed by atoms with Crippen molar-refractivity contribution in [2.75, 3.05) is 0 Å². The Hall–Kier alpha value is -4.13. The van der Waals surface area contributed by atoms with Crippen LogP contribution in [0.3, 0.4) is 0 Å². The number of pyridine rings is 1. The second-order valence-corrected chi connectivity index (χ2v) is 6.31. The number of carbonyl (C=O) groups excluding carboxylic acids is 2. The second kappa shape index (κ2) is 8.26. The van der Waals surface area contributed by atoms with Crippen molar-refractivity contribution in [2.45, 2.75) is 6.42 Å². The first-order chi connectivity index (χ1) is 14.2. The zero-order chi connectivity index (χ0) is 20.1. The number of hydrazine groups is 1. The third kappa shape index (κ3) is 4.24. The van der Waals surface area contributed by atoms with E-state index in [1.165, 1.54) is 6.20 Å². The van der Waals surface area contributed by atoms with Gasteiger partial charge in [0, 0.05) is 23.3 Å². The lowest BCUT2D eigenvalue weighted by molar-refractivity contribution is -0.121. The molecule has 0 bridgehead atoms. The number of benzene rings is 2. The third-order valence-electron chi connectivity index (χ3n) is 4.31. The molecule has 4 rings (SSSR count). The summed E-state index contributed by atoms with van der Waals surface area (Å²) < 4.78 is 5.68. The van der Waals surface area contributed by atoms with E-state index in [2.05, 4.69) is 20.8 Å². The summed E-state index contributed by atoms with van der Waals surface area (Å²) in [6, 6.07) is 20.0. The molecule has 0 saturated carbocycles. The maximum atomic E-state index is 12.5. The van der Waals surface area contributed by atoms with Crippen LogP contribution in [0.5, 0.6) is 11.6 Å². The number of rotatable bonds is 5. The van der Waals surface area contributed by atoms with E-state index in [9.17, 15) is 9.59 Å². The van der Waals surface area contributed by atoms with Crippen molar-refractivity contribution in [3.63, 3.8) is 0 Å². The fraction of sp³-hybridized carbons (Fsp3) is 0.0455. The predicted molar refractivity (Wildman–Crippen MR) is 108 cm³/mol. The molecule has 2 aromatic heterocycles. The van der Waals surface area contributed by atoms with Crippen LogP contribution >= 0.6 is 0 Å². The summed E-state index contributed by atoms with van der Waals surface area (Å²) in [5.41, 5.74) is 6.87. The number of H-pyrrole nitrogens is 1. The Bertz CT molecular complexity index is 1150. The molecule has 0 atom stereocenters. The predicted octanol–water partition coefficient (Wildman–Crippen LogP) is 3.36. The van der Waals surface area contributed by atoms with Crippen molar-refractivity contribution in [1.29, 1.82) is 0 Å². The highest BCUT2D eigenvalue weighted by Crippen LogP contribution is 2.22. The lowest BCUT2D eigenvalue weighted by Crippen LogP contribution is -2.42. The van der Waals surface area contributed by atoms with Gasteiger partial charge < -0.3 is 9.72 Å². The summed E-state index contributed by atoms with van der Waals surface area (Å²) in [4.78, 5) is 32.0. The van der Waals surface area contributed by atoms with E-state index in [-0.39, 0.29) is 23.8 Å². The monoisotopic (exact) mass is 386 g/mol. The van der Waals surface area contributed by atoms with Gasteiger partial charge in [-0.05, 0) is 35.9 Å². The van der Waals surface area contributed by atoms with Gasteiger partial charge in [0.1, 0.15) is 11.3 Å². The number of para-hydroxylation sites is 2. The van der Waals surface area contributed by atoms with Gasteiger partial charge in [0.15, 0.2) is 0 Å². The summed E-state index contributed by atoms with van der Waals surface area (Å²) in [6.45, 7) is 0. The summed E-state index contributed by atoms with van der Waals surface area (Å²) in [5.74, 6) is -0.139. The standard InChI is InChI=1S/C22H18N4O3/c27-20(13-15-14-24-19-11-5-4-9-17(15)19)25-26-21(28)18-10-6-12-23-22(18)29-16-7-2-1-3-8-16/h1-12,14,24H,13H2,(H,25,27)(H,26,28). The average Bonchev–Trinajstić information content (AvgIpc) is 3.16. The number of ether oxygens (including phenoxy) is 1. The molecular weight excluding hydrogens is 368 g/mol. The minimum atomic E-state index is -0.517. The summed E-state index contributed by atoms with van der Waals surface area (Å²) in [7, 11) is 0. The van der Waals surface area contributed by atoms with Crippen LogP contribution in [-0.2, 0) is 11.2 Å². The van der Waals surface area contributed by atoms with Gasteiger partial charge >= 0.3 is 0 Å². The quantitative estimate of drug-likeness (QED) is 0.458. The van der Waals surface area contributed by atoms with Gasteiger partial charge in [-0.25, -0.2) is 4.98 Å². The van der Waals surface area contributed by atoms with E-state index in [4.69, 9.17) is 4.74 Å². The number of aromatic amines is 1. The molecule has 0 aliphatic rings. The highest BCUT2D eigenvalue weighted by Gasteiger charge is 2.15. The zero-order valence-electron chi connectivity index (χ0n) is 15.4. The second-order valence-electron chi connectivity index (χ2n) is 6.31. The highest BCUT2D eigenvalue weighted by molar-refractivity contribution is 5.98. The Morgan fingerprint density at radius 2 is 1.72 bits per heavy atom. The Labute approximate surface area is 166 Å². The molecule has 3 N–H and O–H groups in total. The summed E-state index contributed by atoms with van der Waals surface area (Å²) in [6.07, 6.45) is 3.45. The molecule has 2 aromatic carbocycles. The van der Waals surface area contributed by atoms with Crippen LogP contribution in [0.4, 0.5) is 0 Å². The first kappa shape index (κ1) is 18.2. The Balaban J connectivity index is 1.40. The zero-order valence-corrected chi connectivity index (χ0v) is 15.4. The number of hydrogen-bond acceptors (Lipinski definition) is 4. The fourth-order valence-electron chi connectivity index (χ4n) is 2.93. The van der Waals surface area contributed by atoms with E-state index in [1.807, 2.05) is 42.5 Å². The van der Waals surface area contributed by atoms with Gasteiger partial charge in [-0.2, -0.15) is 0 Å². The van der Waals surface area contributed by atoms with E-state index in [0.29, 0.717) is 5.75 Å². The van der Waals surface area contributed by atoms with E-state index < -0.39 is 5.91 Å². The molecule has 0 aliphatic carbocycles. The molecule has 2 amide bonds. The van der Waals surface area contributed by atoms with Crippen LogP contribution in [0.2, 0.25) is 0 Å². The van der Waals surface area contributed by atoms with E-state index in [1.54, 1.807) is 30.5 Å². The topological polar surface area (TPSA) is 96.1 Å². The molecule has 29 heavy (non-hydrogen) atoms. The number of nitrogens with zero attached hydrogens (tertiary/aromatic N) is 1. The number of amides is 2. The van der Waals surface area contributed by atoms with Gasteiger partial charge in [-0.3, -0.25) is 20.4 Å². The van der Waals surface area contributed by atoms with Crippen LogP contribution in [-0.4, -0.2) is 21.8 Å². The van der Waals surface area contributed by atoms with Crippen LogP contribution in [0.1, 0.15) is 15.9 Å². The van der Waals surface area contributed by atoms with Crippen molar-refractivity contribution in [3.05, 3.63) is 90.3 Å². The minimum absolute atomic E-state index is 0.130. The van der Waals surface area contributed by atoms with E-state index in [0.717, 1.165) is 16.5 Å². The third-order valence-corrected chi connectivity index (χ3v) is 4.31. The molecular formula is C22H18N4O3. The Morgan fingerprint density at radius 3 is 2.59 bits per heavy atom. The molecule has 4 aromatic rings. The molecule has 7 nitrogen and oxygen atoms in total. The molecule has 0 fully saturated rings. The van der Waals surface area contributed by atoms with Gasteiger partial charge in [0.2, 0.25) is 11.8 Å². The van der Waals surface area contributed by atoms with Crippen LogP contribution < -0.4 is 15.6 Å². The number of hydrogen-bond donors (Lipinski definition) is 3. The van der Waals surface area contributed by atoms with Crippen LogP contribution in [0.25, 0.3) is 10.9 Å². The van der Waals surface area contributed by atoms with Crippen molar-refractivity contribution in [1.82, 2.24) is 20.8 Å². The lowest BCUT2D eigenvalue weighted by atomic mass is 10.1. The number of carbonyl (C=O) groups is 2. The van der Waals surface area contributed by atoms with Crippen LogP contribution in [0, 0.1) is 0 Å². The maximum absolute atomic E-state index is 12.5. The normalized spacial score (nSPS) is 10.5. The summed E-state index contributed by atoms with van der Waals surface area (Å²) in [5, 5.41) is 0.972. The first-order valence-corrected chi connectivity index (χ1v) is 9.03. The largest absolute Gasteiger partial charge is 0.438 e. The van der Waals surface area contributed by atoms with Gasteiger partial charge in [-0.15, -0.1) is 0 Å². The number of nitrogens with one attached hydrogen (secondary N) is 3. The molecule has 0 saturated heterocycles. The molecule has 0 spiro atoms. The van der Waals surface area contributed by atoms with Crippen molar-refractivity contribution in [3.8, 4) is 11.6 Å². The lowest BCUT2D eigenvalue weighted by Gasteiger charge is -2.11. The molecule has 0 radical (unpaired) electrons. The SMILES string of the molecule is O=C(Cc1c[nH]c2ccccc12)NNC(=O)c1cccnc1Oc1ccccc1. The Kier molecular flexibility index (Phi) is 5.20. The summed E-state index contributed by atoms with van der Waals surface area (Å²) >= 11 is 0. The van der Waals surface area contributed by atoms with Gasteiger partial charge in [-0.1, -0.05) is 36.4 Å².